The van der Waals surface area contributed by atoms with E-state index >= 15 is 0 Å². The number of hydrogen-bond acceptors (Lipinski definition) is 4. The first-order valence-corrected chi connectivity index (χ1v) is 5.25. The van der Waals surface area contributed by atoms with Gasteiger partial charge in [-0.15, -0.1) is 12.4 Å². The molecule has 0 bridgehead atoms. The summed E-state index contributed by atoms with van der Waals surface area (Å²) in [6.45, 7) is 0.422. The van der Waals surface area contributed by atoms with E-state index in [1.165, 1.54) is 6.07 Å². The van der Waals surface area contributed by atoms with Crippen LogP contribution in [0.2, 0.25) is 0 Å². The highest BCUT2D eigenvalue weighted by Crippen LogP contribution is 2.42. The minimum atomic E-state index is -0.455. The van der Waals surface area contributed by atoms with E-state index < -0.39 is 4.92 Å². The molecule has 1 aliphatic heterocycles. The van der Waals surface area contributed by atoms with Crippen LogP contribution in [0.3, 0.4) is 0 Å². The van der Waals surface area contributed by atoms with Crippen LogP contribution >= 0.6 is 28.3 Å². The topological polar surface area (TPSA) is 78.4 Å². The molecule has 0 amide bonds. The van der Waals surface area contributed by atoms with Crippen molar-refractivity contribution in [1.29, 1.82) is 0 Å². The van der Waals surface area contributed by atoms with E-state index in [-0.39, 0.29) is 24.1 Å². The second-order valence-electron chi connectivity index (χ2n) is 3.31. The van der Waals surface area contributed by atoms with Crippen LogP contribution < -0.4 is 10.5 Å². The number of benzene rings is 1. The number of hydrogen-bond donors (Lipinski definition) is 1. The van der Waals surface area contributed by atoms with Crippen molar-refractivity contribution < 1.29 is 9.66 Å². The maximum atomic E-state index is 10.8. The first-order valence-electron chi connectivity index (χ1n) is 4.46. The number of ether oxygens (including phenoxy) is 1. The number of nitrogens with zero attached hydrogens (tertiary/aromatic N) is 1. The molecule has 0 saturated carbocycles. The largest absolute Gasteiger partial charge is 0.486 e. The molecular weight excluding hydrogens is 299 g/mol. The molecule has 0 aromatic heterocycles. The van der Waals surface area contributed by atoms with E-state index in [0.717, 1.165) is 4.47 Å². The molecule has 2 rings (SSSR count). The number of fused-ring (bicyclic) bond motifs is 1. The van der Waals surface area contributed by atoms with Gasteiger partial charge in [-0.3, -0.25) is 10.1 Å². The van der Waals surface area contributed by atoms with Gasteiger partial charge in [-0.25, -0.2) is 0 Å². The zero-order chi connectivity index (χ0) is 11.0. The van der Waals surface area contributed by atoms with Gasteiger partial charge in [-0.05, 0) is 6.07 Å². The van der Waals surface area contributed by atoms with E-state index in [2.05, 4.69) is 15.9 Å². The molecule has 1 aliphatic rings. The summed E-state index contributed by atoms with van der Waals surface area (Å²) < 4.78 is 6.08. The third kappa shape index (κ3) is 2.14. The lowest BCUT2D eigenvalue weighted by Crippen LogP contribution is -2.21. The Hall–Kier alpha value is -0.850. The van der Waals surface area contributed by atoms with Crippen molar-refractivity contribution in [3.8, 4) is 5.75 Å². The average Bonchev–Trinajstić information content (AvgIpc) is 2.17. The van der Waals surface area contributed by atoms with Crippen molar-refractivity contribution >= 4 is 34.0 Å². The molecule has 0 aliphatic carbocycles. The molecule has 0 saturated heterocycles. The van der Waals surface area contributed by atoms with Crippen LogP contribution in [0.1, 0.15) is 18.0 Å². The number of halogens is 2. The van der Waals surface area contributed by atoms with Crippen molar-refractivity contribution in [3.63, 3.8) is 0 Å². The Kier molecular flexibility index (Phi) is 4.12. The second kappa shape index (κ2) is 4.99. The summed E-state index contributed by atoms with van der Waals surface area (Å²) in [5.74, 6) is 0.299. The van der Waals surface area contributed by atoms with Crippen LogP contribution in [0.5, 0.6) is 5.75 Å². The van der Waals surface area contributed by atoms with Crippen molar-refractivity contribution in [3.05, 3.63) is 32.3 Å². The summed E-state index contributed by atoms with van der Waals surface area (Å²) in [6.07, 6.45) is 0.673. The highest BCUT2D eigenvalue weighted by Gasteiger charge is 2.28. The smallest absolute Gasteiger partial charge is 0.311 e. The third-order valence-corrected chi connectivity index (χ3v) is 3.06. The minimum Gasteiger partial charge on any atom is -0.486 e. The van der Waals surface area contributed by atoms with Crippen LogP contribution in [0.15, 0.2) is 16.6 Å². The van der Waals surface area contributed by atoms with Crippen LogP contribution in [-0.2, 0) is 0 Å². The molecule has 2 N–H and O–H groups in total. The van der Waals surface area contributed by atoms with Gasteiger partial charge in [0.2, 0.25) is 5.75 Å². The van der Waals surface area contributed by atoms with E-state index in [4.69, 9.17) is 10.5 Å². The Morgan fingerprint density at radius 1 is 1.56 bits per heavy atom. The molecule has 1 aromatic carbocycles. The Balaban J connectivity index is 0.00000128. The predicted octanol–water partition coefficient (Wildman–Crippen LogP) is 2.56. The van der Waals surface area contributed by atoms with Crippen molar-refractivity contribution in [1.82, 2.24) is 0 Å². The van der Waals surface area contributed by atoms with Crippen LogP contribution in [0.4, 0.5) is 5.69 Å². The second-order valence-corrected chi connectivity index (χ2v) is 4.16. The molecule has 0 fully saturated rings. The first-order chi connectivity index (χ1) is 7.11. The summed E-state index contributed by atoms with van der Waals surface area (Å²) in [5, 5.41) is 10.8. The zero-order valence-electron chi connectivity index (χ0n) is 8.18. The maximum absolute atomic E-state index is 10.8. The van der Waals surface area contributed by atoms with E-state index in [1.807, 2.05) is 0 Å². The highest BCUT2D eigenvalue weighted by atomic mass is 79.9. The van der Waals surface area contributed by atoms with Crippen molar-refractivity contribution in [2.45, 2.75) is 12.5 Å². The number of nitro groups is 1. The lowest BCUT2D eigenvalue weighted by Gasteiger charge is -2.23. The van der Waals surface area contributed by atoms with E-state index in [1.54, 1.807) is 6.07 Å². The predicted molar refractivity (Wildman–Crippen MR) is 65.1 cm³/mol. The number of nitro benzene ring substituents is 1. The van der Waals surface area contributed by atoms with Crippen LogP contribution in [0, 0.1) is 10.1 Å². The Morgan fingerprint density at radius 3 is 2.88 bits per heavy atom. The molecular formula is C9H10BrClN2O3. The maximum Gasteiger partial charge on any atom is 0.311 e. The molecule has 1 atom stereocenters. The third-order valence-electron chi connectivity index (χ3n) is 2.36. The van der Waals surface area contributed by atoms with Crippen molar-refractivity contribution in [2.75, 3.05) is 6.61 Å². The van der Waals surface area contributed by atoms with E-state index in [0.29, 0.717) is 24.3 Å². The van der Waals surface area contributed by atoms with Gasteiger partial charge >= 0.3 is 5.69 Å². The summed E-state index contributed by atoms with van der Waals surface area (Å²) in [5.41, 5.74) is 6.55. The van der Waals surface area contributed by atoms with Gasteiger partial charge in [0.15, 0.2) is 0 Å². The molecule has 7 heteroatoms. The molecule has 16 heavy (non-hydrogen) atoms. The highest BCUT2D eigenvalue weighted by molar-refractivity contribution is 9.10. The lowest BCUT2D eigenvalue weighted by atomic mass is 10.0. The quantitative estimate of drug-likeness (QED) is 0.639. The SMILES string of the molecule is Cl.N[C@@H]1CCOc2c([N+](=O)[O-])ccc(Br)c21. The molecule has 5 nitrogen and oxygen atoms in total. The average molecular weight is 310 g/mol. The number of rotatable bonds is 1. The first kappa shape index (κ1) is 13.2. The molecule has 88 valence electrons. The Bertz CT molecular complexity index is 427. The Morgan fingerprint density at radius 2 is 2.25 bits per heavy atom. The van der Waals surface area contributed by atoms with E-state index in [9.17, 15) is 10.1 Å². The minimum absolute atomic E-state index is 0. The summed E-state index contributed by atoms with van der Waals surface area (Å²) in [7, 11) is 0. The molecule has 0 radical (unpaired) electrons. The van der Waals surface area contributed by atoms with Gasteiger partial charge in [0.25, 0.3) is 0 Å². The van der Waals surface area contributed by atoms with Crippen LogP contribution in [0.25, 0.3) is 0 Å². The molecule has 1 heterocycles. The normalized spacial score (nSPS) is 18.0. The lowest BCUT2D eigenvalue weighted by molar-refractivity contribution is -0.386. The van der Waals surface area contributed by atoms with Gasteiger partial charge in [-0.2, -0.15) is 0 Å². The summed E-state index contributed by atoms with van der Waals surface area (Å²) in [4.78, 5) is 10.3. The summed E-state index contributed by atoms with van der Waals surface area (Å²) in [6, 6.07) is 2.84. The van der Waals surface area contributed by atoms with Gasteiger partial charge in [0, 0.05) is 28.6 Å². The fourth-order valence-electron chi connectivity index (χ4n) is 1.64. The molecule has 0 unspecified atom stereocenters. The van der Waals surface area contributed by atoms with Crippen LogP contribution in [-0.4, -0.2) is 11.5 Å². The Labute approximate surface area is 107 Å². The molecule has 1 aromatic rings. The number of nitrogens with two attached hydrogens (primary N) is 1. The zero-order valence-corrected chi connectivity index (χ0v) is 10.6. The standard InChI is InChI=1S/C9H9BrN2O3.ClH/c10-5-1-2-7(12(13)14)9-8(5)6(11)3-4-15-9;/h1-2,6H,3-4,11H2;1H/t6-;/m1./s1. The van der Waals surface area contributed by atoms with Gasteiger partial charge in [-0.1, -0.05) is 15.9 Å². The fraction of sp³-hybridized carbons (Fsp3) is 0.333. The molecule has 0 spiro atoms. The van der Waals surface area contributed by atoms with Gasteiger partial charge in [0.05, 0.1) is 11.5 Å². The van der Waals surface area contributed by atoms with Crippen molar-refractivity contribution in [2.24, 2.45) is 5.73 Å². The van der Waals surface area contributed by atoms with Gasteiger partial charge < -0.3 is 10.5 Å². The monoisotopic (exact) mass is 308 g/mol. The summed E-state index contributed by atoms with van der Waals surface area (Å²) >= 11 is 3.32. The van der Waals surface area contributed by atoms with Gasteiger partial charge in [0.1, 0.15) is 0 Å². The fourth-order valence-corrected chi connectivity index (χ4v) is 2.24.